The maximum atomic E-state index is 10.7. The van der Waals surface area contributed by atoms with E-state index in [0.717, 1.165) is 0 Å². The first kappa shape index (κ1) is 8.45. The van der Waals surface area contributed by atoms with Gasteiger partial charge in [-0.05, 0) is 6.42 Å². The summed E-state index contributed by atoms with van der Waals surface area (Å²) >= 11 is 0. The lowest BCUT2D eigenvalue weighted by molar-refractivity contribution is -0.138. The van der Waals surface area contributed by atoms with Gasteiger partial charge in [-0.25, -0.2) is 4.79 Å². The standard InChI is InChI=1S/C7H6O5/c8-4-2-1-3(7(11)12)5(9)6(4)10/h9H,1-2H2,(H,11,12). The van der Waals surface area contributed by atoms with Gasteiger partial charge in [0.15, 0.2) is 5.76 Å². The maximum Gasteiger partial charge on any atom is 0.335 e. The van der Waals surface area contributed by atoms with Crippen LogP contribution in [0.2, 0.25) is 0 Å². The summed E-state index contributed by atoms with van der Waals surface area (Å²) in [4.78, 5) is 31.7. The van der Waals surface area contributed by atoms with Crippen LogP contribution in [0.25, 0.3) is 0 Å². The van der Waals surface area contributed by atoms with Crippen molar-refractivity contribution in [3.63, 3.8) is 0 Å². The Bertz CT molecular complexity index is 299. The molecule has 0 fully saturated rings. The van der Waals surface area contributed by atoms with E-state index >= 15 is 0 Å². The number of hydrogen-bond donors (Lipinski definition) is 2. The third-order valence-electron chi connectivity index (χ3n) is 1.61. The molecule has 0 aromatic carbocycles. The molecule has 0 amide bonds. The Morgan fingerprint density at radius 1 is 1.25 bits per heavy atom. The Morgan fingerprint density at radius 2 is 1.83 bits per heavy atom. The van der Waals surface area contributed by atoms with Crippen LogP contribution in [0.3, 0.4) is 0 Å². The van der Waals surface area contributed by atoms with E-state index in [1.807, 2.05) is 0 Å². The van der Waals surface area contributed by atoms with E-state index in [0.29, 0.717) is 0 Å². The minimum Gasteiger partial charge on any atom is -0.504 e. The lowest BCUT2D eigenvalue weighted by Gasteiger charge is -2.09. The molecule has 0 bridgehead atoms. The van der Waals surface area contributed by atoms with E-state index < -0.39 is 23.3 Å². The van der Waals surface area contributed by atoms with Crippen molar-refractivity contribution in [3.8, 4) is 0 Å². The molecule has 0 aliphatic heterocycles. The van der Waals surface area contributed by atoms with Gasteiger partial charge in [-0.2, -0.15) is 0 Å². The largest absolute Gasteiger partial charge is 0.504 e. The number of aliphatic hydroxyl groups is 1. The first-order chi connectivity index (χ1) is 5.54. The Kier molecular flexibility index (Phi) is 1.95. The molecule has 12 heavy (non-hydrogen) atoms. The van der Waals surface area contributed by atoms with Gasteiger partial charge in [-0.15, -0.1) is 0 Å². The van der Waals surface area contributed by atoms with Crippen molar-refractivity contribution < 1.29 is 24.6 Å². The van der Waals surface area contributed by atoms with Gasteiger partial charge < -0.3 is 10.2 Å². The van der Waals surface area contributed by atoms with Crippen molar-refractivity contribution in [1.29, 1.82) is 0 Å². The highest BCUT2D eigenvalue weighted by molar-refractivity contribution is 6.44. The second kappa shape index (κ2) is 2.77. The van der Waals surface area contributed by atoms with Gasteiger partial charge in [0.2, 0.25) is 5.78 Å². The molecular formula is C7H6O5. The van der Waals surface area contributed by atoms with Gasteiger partial charge in [0.25, 0.3) is 5.78 Å². The summed E-state index contributed by atoms with van der Waals surface area (Å²) in [6.45, 7) is 0. The van der Waals surface area contributed by atoms with Crippen molar-refractivity contribution >= 4 is 17.5 Å². The predicted octanol–water partition coefficient (Wildman–Crippen LogP) is -0.185. The fourth-order valence-electron chi connectivity index (χ4n) is 0.948. The number of ketones is 2. The SMILES string of the molecule is O=C(O)C1=C(O)C(=O)C(=O)CC1. The topological polar surface area (TPSA) is 91.7 Å². The summed E-state index contributed by atoms with van der Waals surface area (Å²) in [5, 5.41) is 17.3. The van der Waals surface area contributed by atoms with Crippen LogP contribution in [-0.4, -0.2) is 27.7 Å². The monoisotopic (exact) mass is 170 g/mol. The second-order valence-electron chi connectivity index (χ2n) is 2.38. The van der Waals surface area contributed by atoms with Gasteiger partial charge in [0.1, 0.15) is 0 Å². The van der Waals surface area contributed by atoms with E-state index in [1.165, 1.54) is 0 Å². The first-order valence-electron chi connectivity index (χ1n) is 3.27. The average molecular weight is 170 g/mol. The molecule has 0 saturated carbocycles. The number of allylic oxidation sites excluding steroid dienone is 1. The zero-order valence-electron chi connectivity index (χ0n) is 6.03. The highest BCUT2D eigenvalue weighted by Gasteiger charge is 2.30. The molecule has 0 saturated heterocycles. The van der Waals surface area contributed by atoms with Crippen molar-refractivity contribution in [2.45, 2.75) is 12.8 Å². The lowest BCUT2D eigenvalue weighted by Crippen LogP contribution is -2.25. The third-order valence-corrected chi connectivity index (χ3v) is 1.61. The molecule has 2 N–H and O–H groups in total. The van der Waals surface area contributed by atoms with Crippen molar-refractivity contribution in [1.82, 2.24) is 0 Å². The van der Waals surface area contributed by atoms with E-state index in [1.54, 1.807) is 0 Å². The summed E-state index contributed by atoms with van der Waals surface area (Å²) in [6, 6.07) is 0. The Morgan fingerprint density at radius 3 is 2.33 bits per heavy atom. The molecule has 0 radical (unpaired) electrons. The number of carboxylic acids is 1. The number of carboxylic acid groups (broad SMARTS) is 1. The molecule has 0 heterocycles. The van der Waals surface area contributed by atoms with E-state index in [2.05, 4.69) is 0 Å². The predicted molar refractivity (Wildman–Crippen MR) is 36.5 cm³/mol. The molecule has 1 aliphatic rings. The molecule has 5 nitrogen and oxygen atoms in total. The quantitative estimate of drug-likeness (QED) is 0.532. The zero-order chi connectivity index (χ0) is 9.30. The molecule has 0 aromatic rings. The van der Waals surface area contributed by atoms with E-state index in [9.17, 15) is 14.4 Å². The van der Waals surface area contributed by atoms with Crippen LogP contribution >= 0.6 is 0 Å². The molecule has 1 rings (SSSR count). The van der Waals surface area contributed by atoms with E-state index in [4.69, 9.17) is 10.2 Å². The number of aliphatic carboxylic acids is 1. The fraction of sp³-hybridized carbons (Fsp3) is 0.286. The number of carbonyl (C=O) groups is 3. The third kappa shape index (κ3) is 1.20. The van der Waals surface area contributed by atoms with Crippen LogP contribution in [0.15, 0.2) is 11.3 Å². The molecule has 0 aromatic heterocycles. The Hall–Kier alpha value is -1.65. The van der Waals surface area contributed by atoms with Crippen LogP contribution in [-0.2, 0) is 14.4 Å². The van der Waals surface area contributed by atoms with Crippen LogP contribution in [0.5, 0.6) is 0 Å². The summed E-state index contributed by atoms with van der Waals surface area (Å²) in [6.07, 6.45) is -0.212. The maximum absolute atomic E-state index is 10.7. The number of rotatable bonds is 1. The number of carbonyl (C=O) groups excluding carboxylic acids is 2. The minimum absolute atomic E-state index is 0.0776. The van der Waals surface area contributed by atoms with Gasteiger partial charge in [0, 0.05) is 6.42 Å². The van der Waals surface area contributed by atoms with Crippen LogP contribution < -0.4 is 0 Å². The summed E-state index contributed by atoms with van der Waals surface area (Å²) in [5.41, 5.74) is -0.375. The Balaban J connectivity index is 3.09. The lowest BCUT2D eigenvalue weighted by atomic mass is 9.96. The Labute approximate surface area is 67.3 Å². The normalized spacial score (nSPS) is 18.3. The van der Waals surface area contributed by atoms with Crippen molar-refractivity contribution in [3.05, 3.63) is 11.3 Å². The van der Waals surface area contributed by atoms with E-state index in [-0.39, 0.29) is 18.4 Å². The molecule has 0 atom stereocenters. The highest BCUT2D eigenvalue weighted by Crippen LogP contribution is 2.17. The van der Waals surface area contributed by atoms with Gasteiger partial charge in [-0.3, -0.25) is 9.59 Å². The molecule has 0 spiro atoms. The molecular weight excluding hydrogens is 164 g/mol. The number of hydrogen-bond acceptors (Lipinski definition) is 4. The molecule has 0 unspecified atom stereocenters. The minimum atomic E-state index is -1.35. The summed E-state index contributed by atoms with van der Waals surface area (Å²) in [5.74, 6) is -4.11. The van der Waals surface area contributed by atoms with Crippen LogP contribution in [0.1, 0.15) is 12.8 Å². The summed E-state index contributed by atoms with van der Waals surface area (Å²) in [7, 11) is 0. The van der Waals surface area contributed by atoms with Gasteiger partial charge >= 0.3 is 5.97 Å². The molecule has 1 aliphatic carbocycles. The fourth-order valence-corrected chi connectivity index (χ4v) is 0.948. The second-order valence-corrected chi connectivity index (χ2v) is 2.38. The van der Waals surface area contributed by atoms with Crippen molar-refractivity contribution in [2.24, 2.45) is 0 Å². The molecule has 5 heteroatoms. The number of Topliss-reactive ketones (excluding diaryl/α,β-unsaturated/α-hetero) is 2. The summed E-state index contributed by atoms with van der Waals surface area (Å²) < 4.78 is 0. The average Bonchev–Trinajstić information content (AvgIpc) is 2.00. The van der Waals surface area contributed by atoms with Gasteiger partial charge in [-0.1, -0.05) is 0 Å². The first-order valence-corrected chi connectivity index (χ1v) is 3.27. The zero-order valence-corrected chi connectivity index (χ0v) is 6.03. The molecule has 64 valence electrons. The van der Waals surface area contributed by atoms with Crippen LogP contribution in [0, 0.1) is 0 Å². The highest BCUT2D eigenvalue weighted by atomic mass is 16.4. The van der Waals surface area contributed by atoms with Crippen LogP contribution in [0.4, 0.5) is 0 Å². The number of aliphatic hydroxyl groups excluding tert-OH is 1. The smallest absolute Gasteiger partial charge is 0.335 e. The van der Waals surface area contributed by atoms with Gasteiger partial charge in [0.05, 0.1) is 5.57 Å². The van der Waals surface area contributed by atoms with Crippen molar-refractivity contribution in [2.75, 3.05) is 0 Å².